The Labute approximate surface area is 103 Å². The van der Waals surface area contributed by atoms with E-state index < -0.39 is 0 Å². The van der Waals surface area contributed by atoms with Gasteiger partial charge in [-0.3, -0.25) is 0 Å². The maximum Gasteiger partial charge on any atom is 0.179 e. The van der Waals surface area contributed by atoms with Crippen LogP contribution in [-0.4, -0.2) is 12.8 Å². The molecule has 1 rings (SSSR count). The van der Waals surface area contributed by atoms with Crippen LogP contribution in [0.5, 0.6) is 11.5 Å². The molecule has 0 saturated heterocycles. The lowest BCUT2D eigenvalue weighted by Crippen LogP contribution is -1.95. The van der Waals surface area contributed by atoms with Crippen molar-refractivity contribution in [1.29, 1.82) is 5.26 Å². The number of nitriles is 1. The summed E-state index contributed by atoms with van der Waals surface area (Å²) in [7, 11) is 1.50. The summed E-state index contributed by atoms with van der Waals surface area (Å²) in [6.45, 7) is 3.62. The van der Waals surface area contributed by atoms with Crippen LogP contribution in [-0.2, 0) is 0 Å². The number of hydrogen-bond acceptors (Lipinski definition) is 4. The summed E-state index contributed by atoms with van der Waals surface area (Å²) in [5, 5.41) is 12.8. The van der Waals surface area contributed by atoms with E-state index in [4.69, 9.17) is 14.8 Å². The lowest BCUT2D eigenvalue weighted by Gasteiger charge is -2.08. The summed E-state index contributed by atoms with van der Waals surface area (Å²) in [4.78, 5) is 5.15. The normalized spacial score (nSPS) is 9.19. The third-order valence-corrected chi connectivity index (χ3v) is 2.34. The van der Waals surface area contributed by atoms with Gasteiger partial charge >= 0.3 is 0 Å². The second-order valence-electron chi connectivity index (χ2n) is 3.20. The minimum Gasteiger partial charge on any atom is -0.494 e. The molecule has 0 fully saturated rings. The zero-order chi connectivity index (χ0) is 12.1. The molecule has 0 aliphatic carbocycles. The van der Waals surface area contributed by atoms with E-state index in [0.717, 1.165) is 5.71 Å². The molecule has 84 valence electrons. The number of nitrogens with zero attached hydrogens (tertiary/aromatic N) is 2. The minimum absolute atomic E-state index is 0.321. The summed E-state index contributed by atoms with van der Waals surface area (Å²) < 4.78 is 5.82. The summed E-state index contributed by atoms with van der Waals surface area (Å²) in [6.07, 6.45) is 0. The summed E-state index contributed by atoms with van der Waals surface area (Å²) in [5.74, 6) is 0.827. The molecule has 16 heavy (non-hydrogen) atoms. The summed E-state index contributed by atoms with van der Waals surface area (Å²) in [6, 6.07) is 5.44. The highest BCUT2D eigenvalue weighted by Crippen LogP contribution is 2.34. The average molecular weight is 283 g/mol. The van der Waals surface area contributed by atoms with Gasteiger partial charge in [-0.2, -0.15) is 5.26 Å². The first kappa shape index (κ1) is 12.5. The lowest BCUT2D eigenvalue weighted by atomic mass is 10.2. The van der Waals surface area contributed by atoms with Gasteiger partial charge in [-0.1, -0.05) is 5.16 Å². The Bertz CT molecular complexity index is 460. The highest BCUT2D eigenvalue weighted by molar-refractivity contribution is 9.10. The molecule has 0 aliphatic rings. The van der Waals surface area contributed by atoms with Crippen LogP contribution in [0.2, 0.25) is 0 Å². The largest absolute Gasteiger partial charge is 0.494 e. The molecule has 0 saturated carbocycles. The van der Waals surface area contributed by atoms with Gasteiger partial charge in [0, 0.05) is 0 Å². The Hall–Kier alpha value is -1.54. The van der Waals surface area contributed by atoms with Crippen LogP contribution in [0.15, 0.2) is 21.8 Å². The predicted octanol–water partition coefficient (Wildman–Crippen LogP) is 3.10. The molecule has 0 amide bonds. The Morgan fingerprint density at radius 2 is 2.12 bits per heavy atom. The second-order valence-corrected chi connectivity index (χ2v) is 4.05. The van der Waals surface area contributed by atoms with Gasteiger partial charge in [-0.15, -0.1) is 0 Å². The van der Waals surface area contributed by atoms with Crippen molar-refractivity contribution >= 4 is 21.6 Å². The summed E-state index contributed by atoms with van der Waals surface area (Å²) >= 11 is 3.29. The quantitative estimate of drug-likeness (QED) is 0.632. The molecule has 0 atom stereocenters. The number of ether oxygens (including phenoxy) is 1. The van der Waals surface area contributed by atoms with E-state index in [0.29, 0.717) is 21.5 Å². The molecule has 4 nitrogen and oxygen atoms in total. The van der Waals surface area contributed by atoms with E-state index in [9.17, 15) is 0 Å². The second kappa shape index (κ2) is 5.52. The van der Waals surface area contributed by atoms with Crippen molar-refractivity contribution in [2.75, 3.05) is 7.11 Å². The lowest BCUT2D eigenvalue weighted by molar-refractivity contribution is 0.334. The number of methoxy groups -OCH3 is 1. The number of rotatable bonds is 3. The van der Waals surface area contributed by atoms with Crippen LogP contribution < -0.4 is 9.57 Å². The average Bonchev–Trinajstić information content (AvgIpc) is 2.26. The molecule has 0 aliphatic heterocycles. The van der Waals surface area contributed by atoms with Gasteiger partial charge in [-0.25, -0.2) is 0 Å². The first-order valence-electron chi connectivity index (χ1n) is 4.55. The van der Waals surface area contributed by atoms with Crippen molar-refractivity contribution in [3.63, 3.8) is 0 Å². The van der Waals surface area contributed by atoms with Crippen LogP contribution in [0.25, 0.3) is 0 Å². The Balaban J connectivity index is 3.21. The number of oxime groups is 1. The van der Waals surface area contributed by atoms with Crippen molar-refractivity contribution in [3.8, 4) is 17.6 Å². The fourth-order valence-electron chi connectivity index (χ4n) is 1.06. The van der Waals surface area contributed by atoms with Crippen LogP contribution in [0.3, 0.4) is 0 Å². The van der Waals surface area contributed by atoms with Gasteiger partial charge in [0.05, 0.1) is 17.3 Å². The number of benzene rings is 1. The highest BCUT2D eigenvalue weighted by Gasteiger charge is 2.13. The molecule has 0 N–H and O–H groups in total. The minimum atomic E-state index is 0.321. The van der Waals surface area contributed by atoms with Crippen LogP contribution in [0.1, 0.15) is 19.4 Å². The first-order chi connectivity index (χ1) is 7.60. The fourth-order valence-corrected chi connectivity index (χ4v) is 1.55. The van der Waals surface area contributed by atoms with E-state index in [-0.39, 0.29) is 0 Å². The van der Waals surface area contributed by atoms with Crippen LogP contribution in [0, 0.1) is 11.3 Å². The fraction of sp³-hybridized carbons (Fsp3) is 0.273. The monoisotopic (exact) mass is 282 g/mol. The maximum absolute atomic E-state index is 9.04. The van der Waals surface area contributed by atoms with Gasteiger partial charge in [0.2, 0.25) is 0 Å². The van der Waals surface area contributed by atoms with Crippen molar-refractivity contribution in [1.82, 2.24) is 0 Å². The molecule has 1 aromatic carbocycles. The molecule has 0 heterocycles. The molecule has 1 aromatic rings. The Morgan fingerprint density at radius 1 is 1.44 bits per heavy atom. The number of hydrogen-bond donors (Lipinski definition) is 0. The third kappa shape index (κ3) is 2.74. The molecular formula is C11H11BrN2O2. The smallest absolute Gasteiger partial charge is 0.179 e. The van der Waals surface area contributed by atoms with Gasteiger partial charge in [0.25, 0.3) is 0 Å². The first-order valence-corrected chi connectivity index (χ1v) is 5.34. The molecule has 0 bridgehead atoms. The van der Waals surface area contributed by atoms with Crippen LogP contribution >= 0.6 is 15.9 Å². The zero-order valence-electron chi connectivity index (χ0n) is 9.24. The molecular weight excluding hydrogens is 272 g/mol. The highest BCUT2D eigenvalue weighted by atomic mass is 79.9. The summed E-state index contributed by atoms with van der Waals surface area (Å²) in [5.41, 5.74) is 1.09. The zero-order valence-corrected chi connectivity index (χ0v) is 10.8. The van der Waals surface area contributed by atoms with E-state index in [2.05, 4.69) is 21.1 Å². The van der Waals surface area contributed by atoms with Gasteiger partial charge in [0.15, 0.2) is 11.5 Å². The molecule has 0 spiro atoms. The molecule has 0 radical (unpaired) electrons. The third-order valence-electron chi connectivity index (χ3n) is 1.71. The molecule has 0 aromatic heterocycles. The maximum atomic E-state index is 9.04. The van der Waals surface area contributed by atoms with E-state index in [1.807, 2.05) is 19.9 Å². The Morgan fingerprint density at radius 3 is 2.62 bits per heavy atom. The SMILES string of the molecule is COc1c(Br)ccc(ON=C(C)C)c1C#N. The number of halogens is 1. The Kier molecular flexibility index (Phi) is 4.32. The van der Waals surface area contributed by atoms with Crippen LogP contribution in [0.4, 0.5) is 0 Å². The van der Waals surface area contributed by atoms with Crippen molar-refractivity contribution in [2.45, 2.75) is 13.8 Å². The van der Waals surface area contributed by atoms with Crippen molar-refractivity contribution < 1.29 is 9.57 Å². The van der Waals surface area contributed by atoms with E-state index in [1.54, 1.807) is 12.1 Å². The molecule has 0 unspecified atom stereocenters. The molecule has 5 heteroatoms. The van der Waals surface area contributed by atoms with Crippen molar-refractivity contribution in [2.24, 2.45) is 5.16 Å². The predicted molar refractivity (Wildman–Crippen MR) is 64.8 cm³/mol. The topological polar surface area (TPSA) is 54.6 Å². The van der Waals surface area contributed by atoms with Gasteiger partial charge < -0.3 is 9.57 Å². The van der Waals surface area contributed by atoms with E-state index >= 15 is 0 Å². The van der Waals surface area contributed by atoms with E-state index in [1.165, 1.54) is 7.11 Å². The van der Waals surface area contributed by atoms with Gasteiger partial charge in [0.1, 0.15) is 11.6 Å². The standard InChI is InChI=1S/C11H11BrN2O2/c1-7(2)14-16-10-5-4-9(12)11(15-3)8(10)6-13/h4-5H,1-3H3. The van der Waals surface area contributed by atoms with Gasteiger partial charge in [-0.05, 0) is 41.9 Å². The van der Waals surface area contributed by atoms with Crippen molar-refractivity contribution in [3.05, 3.63) is 22.2 Å².